The molecule has 2 aromatic rings. The zero-order chi connectivity index (χ0) is 16.3. The van der Waals surface area contributed by atoms with Crippen molar-refractivity contribution in [2.45, 2.75) is 27.4 Å². The molecule has 0 heterocycles. The van der Waals surface area contributed by atoms with E-state index in [1.807, 2.05) is 30.3 Å². The largest absolute Gasteiger partial charge is 0.487 e. The topological polar surface area (TPSA) is 26.3 Å². The summed E-state index contributed by atoms with van der Waals surface area (Å²) < 4.78 is 20.3. The van der Waals surface area contributed by atoms with Crippen LogP contribution in [-0.2, 0) is 6.61 Å². The number of ketones is 1. The molecule has 0 bridgehead atoms. The normalized spacial score (nSPS) is 10.8. The third-order valence-electron chi connectivity index (χ3n) is 3.43. The number of Topliss-reactive ketones (excluding diaryl/α,β-unsaturated/α-hetero) is 1. The van der Waals surface area contributed by atoms with Crippen molar-refractivity contribution in [1.29, 1.82) is 0 Å². The number of benzene rings is 2. The highest BCUT2D eigenvalue weighted by molar-refractivity contribution is 9.10. The van der Waals surface area contributed by atoms with Crippen LogP contribution in [0, 0.1) is 18.7 Å². The molecule has 0 aliphatic rings. The van der Waals surface area contributed by atoms with Gasteiger partial charge in [0, 0.05) is 5.92 Å². The first-order valence-corrected chi connectivity index (χ1v) is 7.90. The average Bonchev–Trinajstić information content (AvgIpc) is 2.49. The van der Waals surface area contributed by atoms with E-state index in [4.69, 9.17) is 4.74 Å². The van der Waals surface area contributed by atoms with Crippen LogP contribution in [-0.4, -0.2) is 5.78 Å². The lowest BCUT2D eigenvalue weighted by molar-refractivity contribution is 0.0933. The lowest BCUT2D eigenvalue weighted by atomic mass is 9.96. The molecule has 0 saturated heterocycles. The molecule has 116 valence electrons. The van der Waals surface area contributed by atoms with Gasteiger partial charge in [0.25, 0.3) is 0 Å². The van der Waals surface area contributed by atoms with Crippen LogP contribution in [0.1, 0.15) is 35.3 Å². The minimum Gasteiger partial charge on any atom is -0.487 e. The van der Waals surface area contributed by atoms with Crippen LogP contribution >= 0.6 is 15.9 Å². The number of hydrogen-bond donors (Lipinski definition) is 0. The van der Waals surface area contributed by atoms with Gasteiger partial charge in [-0.25, -0.2) is 4.39 Å². The standard InChI is InChI=1S/C18H18BrFO2/c1-11(2)17(21)16-12(3)15(20)9-14(19)18(16)22-10-13-7-5-4-6-8-13/h4-9,11H,10H2,1-3H3. The summed E-state index contributed by atoms with van der Waals surface area (Å²) in [5.74, 6) is -0.364. The quantitative estimate of drug-likeness (QED) is 0.671. The van der Waals surface area contributed by atoms with Gasteiger partial charge >= 0.3 is 0 Å². The van der Waals surface area contributed by atoms with E-state index < -0.39 is 5.82 Å². The molecular weight excluding hydrogens is 347 g/mol. The Morgan fingerprint density at radius 1 is 1.27 bits per heavy atom. The zero-order valence-corrected chi connectivity index (χ0v) is 14.4. The van der Waals surface area contributed by atoms with Gasteiger partial charge in [0.05, 0.1) is 10.0 Å². The van der Waals surface area contributed by atoms with Gasteiger partial charge in [-0.05, 0) is 40.0 Å². The lowest BCUT2D eigenvalue weighted by Gasteiger charge is -2.17. The molecule has 0 unspecified atom stereocenters. The lowest BCUT2D eigenvalue weighted by Crippen LogP contribution is -2.13. The van der Waals surface area contributed by atoms with Gasteiger partial charge in [-0.2, -0.15) is 0 Å². The molecule has 2 nitrogen and oxygen atoms in total. The van der Waals surface area contributed by atoms with Gasteiger partial charge in [-0.1, -0.05) is 44.2 Å². The summed E-state index contributed by atoms with van der Waals surface area (Å²) in [4.78, 5) is 12.4. The van der Waals surface area contributed by atoms with Gasteiger partial charge in [-0.15, -0.1) is 0 Å². The van der Waals surface area contributed by atoms with Crippen LogP contribution < -0.4 is 4.74 Å². The number of carbonyl (C=O) groups excluding carboxylic acids is 1. The van der Waals surface area contributed by atoms with Crippen molar-refractivity contribution in [3.63, 3.8) is 0 Å². The first-order valence-electron chi connectivity index (χ1n) is 7.11. The second kappa shape index (κ2) is 7.05. The van der Waals surface area contributed by atoms with Gasteiger partial charge < -0.3 is 4.74 Å². The van der Waals surface area contributed by atoms with E-state index in [2.05, 4.69) is 15.9 Å². The molecule has 4 heteroatoms. The first-order chi connectivity index (χ1) is 10.4. The van der Waals surface area contributed by atoms with Crippen LogP contribution in [0.15, 0.2) is 40.9 Å². The Kier molecular flexibility index (Phi) is 5.35. The van der Waals surface area contributed by atoms with Crippen molar-refractivity contribution in [3.8, 4) is 5.75 Å². The molecule has 0 aliphatic carbocycles. The number of carbonyl (C=O) groups is 1. The van der Waals surface area contributed by atoms with Crippen molar-refractivity contribution in [3.05, 3.63) is 63.4 Å². The number of ether oxygens (including phenoxy) is 1. The fourth-order valence-corrected chi connectivity index (χ4v) is 2.66. The minimum absolute atomic E-state index is 0.124. The van der Waals surface area contributed by atoms with Crippen LogP contribution in [0.4, 0.5) is 4.39 Å². The smallest absolute Gasteiger partial charge is 0.169 e. The second-order valence-electron chi connectivity index (χ2n) is 5.46. The molecule has 0 amide bonds. The minimum atomic E-state index is -0.414. The Morgan fingerprint density at radius 3 is 2.50 bits per heavy atom. The molecule has 0 atom stereocenters. The molecule has 2 rings (SSSR count). The van der Waals surface area contributed by atoms with Crippen molar-refractivity contribution < 1.29 is 13.9 Å². The summed E-state index contributed by atoms with van der Waals surface area (Å²) in [7, 11) is 0. The number of halogens is 2. The molecule has 0 saturated carbocycles. The van der Waals surface area contributed by atoms with Gasteiger partial charge in [-0.3, -0.25) is 4.79 Å². The predicted molar refractivity (Wildman–Crippen MR) is 88.8 cm³/mol. The number of rotatable bonds is 5. The summed E-state index contributed by atoms with van der Waals surface area (Å²) in [5, 5.41) is 0. The molecule has 22 heavy (non-hydrogen) atoms. The predicted octanol–water partition coefficient (Wildman–Crippen LogP) is 5.31. The molecule has 0 fully saturated rings. The van der Waals surface area contributed by atoms with Crippen LogP contribution in [0.25, 0.3) is 0 Å². The Hall–Kier alpha value is -1.68. The van der Waals surface area contributed by atoms with E-state index in [1.165, 1.54) is 6.07 Å². The van der Waals surface area contributed by atoms with E-state index >= 15 is 0 Å². The maximum atomic E-state index is 14.0. The summed E-state index contributed by atoms with van der Waals surface area (Å²) in [5.41, 5.74) is 1.63. The molecule has 0 aliphatic heterocycles. The molecule has 0 spiro atoms. The van der Waals surface area contributed by atoms with Crippen LogP contribution in [0.3, 0.4) is 0 Å². The zero-order valence-electron chi connectivity index (χ0n) is 12.8. The molecule has 0 radical (unpaired) electrons. The van der Waals surface area contributed by atoms with Crippen molar-refractivity contribution in [2.24, 2.45) is 5.92 Å². The molecule has 2 aromatic carbocycles. The highest BCUT2D eigenvalue weighted by Gasteiger charge is 2.23. The van der Waals surface area contributed by atoms with E-state index in [1.54, 1.807) is 20.8 Å². The second-order valence-corrected chi connectivity index (χ2v) is 6.32. The van der Waals surface area contributed by atoms with E-state index in [0.29, 0.717) is 28.0 Å². The Balaban J connectivity index is 2.41. The van der Waals surface area contributed by atoms with E-state index in [-0.39, 0.29) is 11.7 Å². The van der Waals surface area contributed by atoms with Crippen LogP contribution in [0.2, 0.25) is 0 Å². The summed E-state index contributed by atoms with van der Waals surface area (Å²) in [6.07, 6.45) is 0. The summed E-state index contributed by atoms with van der Waals surface area (Å²) in [6, 6.07) is 11.0. The molecular formula is C18H18BrFO2. The van der Waals surface area contributed by atoms with E-state index in [0.717, 1.165) is 5.56 Å². The van der Waals surface area contributed by atoms with Gasteiger partial charge in [0.2, 0.25) is 0 Å². The van der Waals surface area contributed by atoms with Crippen LogP contribution in [0.5, 0.6) is 5.75 Å². The fourth-order valence-electron chi connectivity index (χ4n) is 2.15. The SMILES string of the molecule is Cc1c(F)cc(Br)c(OCc2ccccc2)c1C(=O)C(C)C. The van der Waals surface area contributed by atoms with Crippen molar-refractivity contribution in [1.82, 2.24) is 0 Å². The van der Waals surface area contributed by atoms with Gasteiger partial charge in [0.15, 0.2) is 5.78 Å². The molecule has 0 N–H and O–H groups in total. The summed E-state index contributed by atoms with van der Waals surface area (Å²) in [6.45, 7) is 5.51. The third kappa shape index (κ3) is 3.55. The highest BCUT2D eigenvalue weighted by Crippen LogP contribution is 2.35. The number of hydrogen-bond acceptors (Lipinski definition) is 2. The van der Waals surface area contributed by atoms with E-state index in [9.17, 15) is 9.18 Å². The highest BCUT2D eigenvalue weighted by atomic mass is 79.9. The maximum absolute atomic E-state index is 14.0. The Morgan fingerprint density at radius 2 is 1.91 bits per heavy atom. The first kappa shape index (κ1) is 16.7. The monoisotopic (exact) mass is 364 g/mol. The summed E-state index contributed by atoms with van der Waals surface area (Å²) >= 11 is 3.31. The fraction of sp³-hybridized carbons (Fsp3) is 0.278. The van der Waals surface area contributed by atoms with Gasteiger partial charge in [0.1, 0.15) is 18.2 Å². The Labute approximate surface area is 138 Å². The third-order valence-corrected chi connectivity index (χ3v) is 4.02. The molecule has 0 aromatic heterocycles. The van der Waals surface area contributed by atoms with Crippen molar-refractivity contribution in [2.75, 3.05) is 0 Å². The maximum Gasteiger partial charge on any atom is 0.169 e. The Bertz CT molecular complexity index is 681. The average molecular weight is 365 g/mol. The van der Waals surface area contributed by atoms with Crippen molar-refractivity contribution >= 4 is 21.7 Å².